The maximum atomic E-state index is 12.1. The molecule has 1 aromatic carbocycles. The predicted molar refractivity (Wildman–Crippen MR) is 92.3 cm³/mol. The van der Waals surface area contributed by atoms with Crippen LogP contribution in [0.3, 0.4) is 0 Å². The average Bonchev–Trinajstić information content (AvgIpc) is 2.64. The first-order valence-corrected chi connectivity index (χ1v) is 8.19. The minimum Gasteiger partial charge on any atom is -0.493 e. The number of rotatable bonds is 6. The van der Waals surface area contributed by atoms with Crippen LogP contribution in [0.4, 0.5) is 4.79 Å². The molecule has 0 aliphatic carbocycles. The number of hydrogen-bond donors (Lipinski definition) is 1. The summed E-state index contributed by atoms with van der Waals surface area (Å²) < 4.78 is 16.2. The third kappa shape index (κ3) is 4.91. The second-order valence-corrected chi connectivity index (χ2v) is 5.57. The summed E-state index contributed by atoms with van der Waals surface area (Å²) in [6, 6.07) is 5.23. The van der Waals surface area contributed by atoms with Crippen molar-refractivity contribution in [2.24, 2.45) is 0 Å². The van der Waals surface area contributed by atoms with E-state index in [9.17, 15) is 9.59 Å². The van der Waals surface area contributed by atoms with Gasteiger partial charge in [0.2, 0.25) is 11.7 Å². The third-order valence-electron chi connectivity index (χ3n) is 4.01. The monoisotopic (exact) mass is 351 g/mol. The smallest absolute Gasteiger partial charge is 0.317 e. The lowest BCUT2D eigenvalue weighted by molar-refractivity contribution is -0.130. The van der Waals surface area contributed by atoms with Crippen LogP contribution >= 0.6 is 0 Å². The maximum Gasteiger partial charge on any atom is 0.317 e. The Balaban J connectivity index is 1.75. The minimum absolute atomic E-state index is 0.0423. The van der Waals surface area contributed by atoms with Crippen LogP contribution in [0.25, 0.3) is 0 Å². The van der Waals surface area contributed by atoms with Crippen molar-refractivity contribution in [3.05, 3.63) is 18.2 Å². The number of hydrogen-bond acceptors (Lipinski definition) is 5. The molecule has 1 aromatic rings. The van der Waals surface area contributed by atoms with E-state index in [1.54, 1.807) is 43.1 Å². The summed E-state index contributed by atoms with van der Waals surface area (Å²) in [4.78, 5) is 26.8. The molecule has 0 unspecified atom stereocenters. The molecule has 1 N–H and O–H groups in total. The van der Waals surface area contributed by atoms with Gasteiger partial charge >= 0.3 is 6.03 Å². The minimum atomic E-state index is -0.149. The van der Waals surface area contributed by atoms with Crippen molar-refractivity contribution in [1.29, 1.82) is 0 Å². The molecule has 0 aromatic heterocycles. The molecule has 8 heteroatoms. The summed E-state index contributed by atoms with van der Waals surface area (Å²) in [5, 5.41) is 2.82. The summed E-state index contributed by atoms with van der Waals surface area (Å²) in [5.74, 6) is 1.72. The van der Waals surface area contributed by atoms with E-state index >= 15 is 0 Å². The Labute approximate surface area is 147 Å². The number of nitrogens with zero attached hydrogens (tertiary/aromatic N) is 2. The zero-order chi connectivity index (χ0) is 18.2. The molecule has 0 spiro atoms. The van der Waals surface area contributed by atoms with E-state index in [0.29, 0.717) is 56.6 Å². The molecule has 25 heavy (non-hydrogen) atoms. The zero-order valence-electron chi connectivity index (χ0n) is 14.9. The molecule has 8 nitrogen and oxygen atoms in total. The van der Waals surface area contributed by atoms with E-state index in [4.69, 9.17) is 14.2 Å². The first-order valence-electron chi connectivity index (χ1n) is 8.19. The normalized spacial score (nSPS) is 14.0. The molecule has 0 atom stereocenters. The number of piperazine rings is 1. The Bertz CT molecular complexity index is 600. The highest BCUT2D eigenvalue weighted by Gasteiger charge is 2.21. The topological polar surface area (TPSA) is 80.3 Å². The van der Waals surface area contributed by atoms with Gasteiger partial charge in [-0.05, 0) is 12.1 Å². The quantitative estimate of drug-likeness (QED) is 0.772. The molecule has 3 amide bonds. The lowest BCUT2D eigenvalue weighted by Crippen LogP contribution is -2.53. The van der Waals surface area contributed by atoms with Gasteiger partial charge in [-0.25, -0.2) is 4.79 Å². The number of ether oxygens (including phenoxy) is 3. The van der Waals surface area contributed by atoms with E-state index in [-0.39, 0.29) is 11.9 Å². The lowest BCUT2D eigenvalue weighted by Gasteiger charge is -2.34. The van der Waals surface area contributed by atoms with Gasteiger partial charge in [-0.2, -0.15) is 0 Å². The Hall–Kier alpha value is -2.64. The van der Waals surface area contributed by atoms with E-state index in [1.807, 2.05) is 6.07 Å². The van der Waals surface area contributed by atoms with Crippen LogP contribution in [0.5, 0.6) is 17.2 Å². The number of methoxy groups -OCH3 is 2. The molecule has 0 saturated carbocycles. The van der Waals surface area contributed by atoms with Crippen molar-refractivity contribution >= 4 is 11.9 Å². The van der Waals surface area contributed by atoms with Crippen LogP contribution in [0, 0.1) is 0 Å². The Kier molecular flexibility index (Phi) is 6.73. The molecule has 1 aliphatic heterocycles. The van der Waals surface area contributed by atoms with Crippen molar-refractivity contribution in [2.75, 3.05) is 53.6 Å². The highest BCUT2D eigenvalue weighted by atomic mass is 16.5. The van der Waals surface area contributed by atoms with Gasteiger partial charge in [-0.15, -0.1) is 0 Å². The molecule has 138 valence electrons. The summed E-state index contributed by atoms with van der Waals surface area (Å²) in [5.41, 5.74) is 0. The van der Waals surface area contributed by atoms with Crippen molar-refractivity contribution in [3.8, 4) is 17.2 Å². The lowest BCUT2D eigenvalue weighted by atomic mass is 10.3. The Morgan fingerprint density at radius 1 is 1.04 bits per heavy atom. The molecule has 1 saturated heterocycles. The standard InChI is InChI=1S/C17H25N3O5/c1-13(21)19-8-10-20(11-9-19)17(22)18-7-12-25-15-6-4-5-14(23-2)16(15)24-3/h4-6H,7-12H2,1-3H3,(H,18,22). The molecule has 2 rings (SSSR count). The van der Waals surface area contributed by atoms with E-state index in [2.05, 4.69) is 5.32 Å². The highest BCUT2D eigenvalue weighted by Crippen LogP contribution is 2.36. The van der Waals surface area contributed by atoms with Crippen molar-refractivity contribution < 1.29 is 23.8 Å². The number of nitrogens with one attached hydrogen (secondary N) is 1. The number of amides is 3. The molecule has 1 fully saturated rings. The van der Waals surface area contributed by atoms with Crippen LogP contribution in [0.2, 0.25) is 0 Å². The summed E-state index contributed by atoms with van der Waals surface area (Å²) in [7, 11) is 3.11. The number of urea groups is 1. The number of benzene rings is 1. The summed E-state index contributed by atoms with van der Waals surface area (Å²) >= 11 is 0. The SMILES string of the molecule is COc1cccc(OCCNC(=O)N2CCN(C(C)=O)CC2)c1OC. The fourth-order valence-corrected chi connectivity index (χ4v) is 2.63. The molecule has 1 aliphatic rings. The molecule has 1 heterocycles. The Morgan fingerprint density at radius 2 is 1.68 bits per heavy atom. The van der Waals surface area contributed by atoms with Gasteiger partial charge in [0, 0.05) is 33.1 Å². The molecule has 0 bridgehead atoms. The first-order chi connectivity index (χ1) is 12.1. The van der Waals surface area contributed by atoms with E-state index in [0.717, 1.165) is 0 Å². The number of carbonyl (C=O) groups is 2. The molecular weight excluding hydrogens is 326 g/mol. The van der Waals surface area contributed by atoms with Gasteiger partial charge in [-0.3, -0.25) is 4.79 Å². The molecule has 0 radical (unpaired) electrons. The van der Waals surface area contributed by atoms with Gasteiger partial charge < -0.3 is 29.3 Å². The molecular formula is C17H25N3O5. The second-order valence-electron chi connectivity index (χ2n) is 5.57. The van der Waals surface area contributed by atoms with E-state index < -0.39 is 0 Å². The van der Waals surface area contributed by atoms with Gasteiger partial charge in [0.15, 0.2) is 11.5 Å². The van der Waals surface area contributed by atoms with E-state index in [1.165, 1.54) is 0 Å². The second kappa shape index (κ2) is 9.00. The first kappa shape index (κ1) is 18.7. The highest BCUT2D eigenvalue weighted by molar-refractivity contribution is 5.76. The average molecular weight is 351 g/mol. The Morgan fingerprint density at radius 3 is 2.28 bits per heavy atom. The van der Waals surface area contributed by atoms with Gasteiger partial charge in [-0.1, -0.05) is 6.07 Å². The van der Waals surface area contributed by atoms with Crippen molar-refractivity contribution in [3.63, 3.8) is 0 Å². The van der Waals surface area contributed by atoms with Crippen LogP contribution in [0.1, 0.15) is 6.92 Å². The van der Waals surface area contributed by atoms with Crippen LogP contribution in [-0.4, -0.2) is 75.3 Å². The van der Waals surface area contributed by atoms with Crippen molar-refractivity contribution in [1.82, 2.24) is 15.1 Å². The van der Waals surface area contributed by atoms with Crippen LogP contribution < -0.4 is 19.5 Å². The summed E-state index contributed by atoms with van der Waals surface area (Å²) in [6.07, 6.45) is 0. The van der Waals surface area contributed by atoms with Crippen molar-refractivity contribution in [2.45, 2.75) is 6.92 Å². The predicted octanol–water partition coefficient (Wildman–Crippen LogP) is 0.956. The van der Waals surface area contributed by atoms with Gasteiger partial charge in [0.25, 0.3) is 0 Å². The number of carbonyl (C=O) groups excluding carboxylic acids is 2. The maximum absolute atomic E-state index is 12.1. The number of para-hydroxylation sites is 1. The zero-order valence-corrected chi connectivity index (χ0v) is 14.9. The largest absolute Gasteiger partial charge is 0.493 e. The third-order valence-corrected chi connectivity index (χ3v) is 4.01. The summed E-state index contributed by atoms with van der Waals surface area (Å²) in [6.45, 7) is 4.43. The van der Waals surface area contributed by atoms with Gasteiger partial charge in [0.05, 0.1) is 20.8 Å². The van der Waals surface area contributed by atoms with Gasteiger partial charge in [0.1, 0.15) is 6.61 Å². The van der Waals surface area contributed by atoms with Crippen LogP contribution in [-0.2, 0) is 4.79 Å². The fraction of sp³-hybridized carbons (Fsp3) is 0.529. The van der Waals surface area contributed by atoms with Crippen LogP contribution in [0.15, 0.2) is 18.2 Å². The fourth-order valence-electron chi connectivity index (χ4n) is 2.63.